The quantitative estimate of drug-likeness (QED) is 0.635. The van der Waals surface area contributed by atoms with Gasteiger partial charge in [0.25, 0.3) is 0 Å². The number of ether oxygens (including phenoxy) is 1. The molecule has 1 rings (SSSR count). The highest BCUT2D eigenvalue weighted by Gasteiger charge is 2.12. The summed E-state index contributed by atoms with van der Waals surface area (Å²) in [5.74, 6) is -1.05. The molecule has 12 heavy (non-hydrogen) atoms. The summed E-state index contributed by atoms with van der Waals surface area (Å²) in [5.41, 5.74) is -0.0457. The Balaban J connectivity index is 2.87. The van der Waals surface area contributed by atoms with Crippen LogP contribution < -0.4 is 0 Å². The van der Waals surface area contributed by atoms with Crippen LogP contribution in [-0.4, -0.2) is 27.7 Å². The summed E-state index contributed by atoms with van der Waals surface area (Å²) in [7, 11) is 0. The van der Waals surface area contributed by atoms with Gasteiger partial charge >= 0.3 is 5.97 Å². The third-order valence-electron chi connectivity index (χ3n) is 1.14. The van der Waals surface area contributed by atoms with Gasteiger partial charge in [-0.2, -0.15) is 4.98 Å². The van der Waals surface area contributed by atoms with Gasteiger partial charge < -0.3 is 9.84 Å². The molecule has 0 fully saturated rings. The Morgan fingerprint density at radius 1 is 1.83 bits per heavy atom. The lowest BCUT2D eigenvalue weighted by atomic mass is 10.3. The van der Waals surface area contributed by atoms with Crippen LogP contribution in [0.15, 0.2) is 6.20 Å². The van der Waals surface area contributed by atoms with Crippen LogP contribution >= 0.6 is 0 Å². The maximum absolute atomic E-state index is 11.0. The Morgan fingerprint density at radius 3 is 3.17 bits per heavy atom. The first kappa shape index (κ1) is 8.45. The van der Waals surface area contributed by atoms with Crippen LogP contribution in [0.4, 0.5) is 0 Å². The number of hydrogen-bond acceptors (Lipinski definition) is 5. The van der Waals surface area contributed by atoms with Crippen LogP contribution in [-0.2, 0) is 4.74 Å². The summed E-state index contributed by atoms with van der Waals surface area (Å²) >= 11 is 0. The first-order chi connectivity index (χ1) is 5.75. The van der Waals surface area contributed by atoms with E-state index in [9.17, 15) is 4.79 Å². The van der Waals surface area contributed by atoms with Crippen LogP contribution in [0.25, 0.3) is 0 Å². The molecule has 0 saturated heterocycles. The number of aromatic hydroxyl groups is 1. The van der Waals surface area contributed by atoms with Crippen LogP contribution in [0.1, 0.15) is 17.3 Å². The molecule has 63 valence electrons. The summed E-state index contributed by atoms with van der Waals surface area (Å²) in [5, 5.41) is 9.02. The zero-order valence-electron chi connectivity index (χ0n) is 6.44. The molecule has 0 atom stereocenters. The van der Waals surface area contributed by atoms with E-state index in [0.29, 0.717) is 0 Å². The van der Waals surface area contributed by atoms with Crippen LogP contribution in [0.2, 0.25) is 0 Å². The zero-order valence-corrected chi connectivity index (χ0v) is 6.44. The minimum Gasteiger partial charge on any atom is -0.493 e. The Kier molecular flexibility index (Phi) is 2.57. The highest BCUT2D eigenvalue weighted by atomic mass is 16.5. The number of rotatable bonds is 2. The normalized spacial score (nSPS) is 9.42. The third kappa shape index (κ3) is 1.69. The van der Waals surface area contributed by atoms with Crippen LogP contribution in [0, 0.1) is 6.33 Å². The second-order valence-corrected chi connectivity index (χ2v) is 1.93. The van der Waals surface area contributed by atoms with E-state index in [2.05, 4.69) is 21.0 Å². The van der Waals surface area contributed by atoms with Crippen molar-refractivity contribution in [3.8, 4) is 5.88 Å². The Labute approximate surface area is 69.0 Å². The molecule has 0 amide bonds. The number of carbonyl (C=O) groups is 1. The van der Waals surface area contributed by atoms with Crippen LogP contribution in [0.5, 0.6) is 5.88 Å². The van der Waals surface area contributed by atoms with Crippen molar-refractivity contribution in [2.45, 2.75) is 6.92 Å². The molecule has 0 aliphatic carbocycles. The minimum absolute atomic E-state index is 0.0457. The second kappa shape index (κ2) is 3.66. The van der Waals surface area contributed by atoms with E-state index >= 15 is 0 Å². The van der Waals surface area contributed by atoms with Crippen molar-refractivity contribution in [1.82, 2.24) is 9.97 Å². The van der Waals surface area contributed by atoms with Crippen molar-refractivity contribution < 1.29 is 14.6 Å². The summed E-state index contributed by atoms with van der Waals surface area (Å²) in [6.45, 7) is 1.92. The highest BCUT2D eigenvalue weighted by Crippen LogP contribution is 2.10. The first-order valence-corrected chi connectivity index (χ1v) is 3.35. The predicted molar refractivity (Wildman–Crippen MR) is 38.5 cm³/mol. The van der Waals surface area contributed by atoms with Crippen molar-refractivity contribution in [3.63, 3.8) is 0 Å². The molecular weight excluding hydrogens is 160 g/mol. The maximum Gasteiger partial charge on any atom is 0.345 e. The molecule has 1 heterocycles. The summed E-state index contributed by atoms with van der Waals surface area (Å²) < 4.78 is 4.62. The smallest absolute Gasteiger partial charge is 0.345 e. The number of hydrogen-bond donors (Lipinski definition) is 1. The Bertz CT molecular complexity index is 288. The van der Waals surface area contributed by atoms with Crippen molar-refractivity contribution in [2.75, 3.05) is 6.61 Å². The van der Waals surface area contributed by atoms with Crippen molar-refractivity contribution in [1.29, 1.82) is 0 Å². The second-order valence-electron chi connectivity index (χ2n) is 1.93. The average molecular weight is 167 g/mol. The SMILES string of the molecule is CCOC(=O)c1cn[c]nc1O. The number of carbonyl (C=O) groups excluding carboxylic acids is 1. The van der Waals surface area contributed by atoms with Crippen molar-refractivity contribution in [2.24, 2.45) is 0 Å². The molecular formula is C7H7N2O3. The van der Waals surface area contributed by atoms with E-state index in [1.54, 1.807) is 6.92 Å². The van der Waals surface area contributed by atoms with Crippen LogP contribution in [0.3, 0.4) is 0 Å². The standard InChI is InChI=1S/C7H7N2O3/c1-2-12-7(11)5-3-8-4-9-6(5)10/h3H,2H2,1H3,(H,8,9,10). The molecule has 1 aromatic heterocycles. The fourth-order valence-corrected chi connectivity index (χ4v) is 0.640. The van der Waals surface area contributed by atoms with E-state index in [-0.39, 0.29) is 12.2 Å². The lowest BCUT2D eigenvalue weighted by molar-refractivity contribution is 0.0521. The van der Waals surface area contributed by atoms with Gasteiger partial charge in [-0.25, -0.2) is 9.78 Å². The predicted octanol–water partition coefficient (Wildman–Crippen LogP) is 0.159. The zero-order chi connectivity index (χ0) is 8.97. The van der Waals surface area contributed by atoms with Gasteiger partial charge in [-0.3, -0.25) is 0 Å². The summed E-state index contributed by atoms with van der Waals surface area (Å²) in [6, 6.07) is 0. The average Bonchev–Trinajstić information content (AvgIpc) is 2.05. The molecule has 1 N–H and O–H groups in total. The monoisotopic (exact) mass is 167 g/mol. The van der Waals surface area contributed by atoms with E-state index in [0.717, 1.165) is 6.20 Å². The molecule has 0 unspecified atom stereocenters. The molecule has 1 aromatic rings. The Morgan fingerprint density at radius 2 is 2.58 bits per heavy atom. The van der Waals surface area contributed by atoms with Crippen molar-refractivity contribution >= 4 is 5.97 Å². The third-order valence-corrected chi connectivity index (χ3v) is 1.14. The molecule has 0 spiro atoms. The van der Waals surface area contributed by atoms with Gasteiger partial charge in [0.1, 0.15) is 5.56 Å². The lowest BCUT2D eigenvalue weighted by Gasteiger charge is -2.00. The van der Waals surface area contributed by atoms with Gasteiger partial charge in [0.2, 0.25) is 12.2 Å². The topological polar surface area (TPSA) is 72.3 Å². The molecule has 5 nitrogen and oxygen atoms in total. The molecule has 0 saturated carbocycles. The van der Waals surface area contributed by atoms with E-state index in [1.165, 1.54) is 0 Å². The van der Waals surface area contributed by atoms with E-state index < -0.39 is 11.8 Å². The largest absolute Gasteiger partial charge is 0.493 e. The number of nitrogens with zero attached hydrogens (tertiary/aromatic N) is 2. The fourth-order valence-electron chi connectivity index (χ4n) is 0.640. The van der Waals surface area contributed by atoms with Gasteiger partial charge in [0.15, 0.2) is 0 Å². The van der Waals surface area contributed by atoms with Gasteiger partial charge in [0, 0.05) is 6.20 Å². The minimum atomic E-state index is -0.635. The Hall–Kier alpha value is -1.65. The summed E-state index contributed by atoms with van der Waals surface area (Å²) in [6.07, 6.45) is 3.29. The van der Waals surface area contributed by atoms with Gasteiger partial charge in [0.05, 0.1) is 6.61 Å². The van der Waals surface area contributed by atoms with Gasteiger partial charge in [-0.1, -0.05) is 0 Å². The van der Waals surface area contributed by atoms with E-state index in [4.69, 9.17) is 5.11 Å². The first-order valence-electron chi connectivity index (χ1n) is 3.35. The summed E-state index contributed by atoms with van der Waals surface area (Å²) in [4.78, 5) is 17.7. The number of esters is 1. The molecule has 0 aliphatic rings. The molecule has 5 heteroatoms. The highest BCUT2D eigenvalue weighted by molar-refractivity contribution is 5.91. The maximum atomic E-state index is 11.0. The number of aromatic nitrogens is 2. The van der Waals surface area contributed by atoms with Gasteiger partial charge in [-0.05, 0) is 6.92 Å². The molecule has 0 bridgehead atoms. The van der Waals surface area contributed by atoms with Gasteiger partial charge in [-0.15, -0.1) is 0 Å². The lowest BCUT2D eigenvalue weighted by Crippen LogP contribution is -2.05. The van der Waals surface area contributed by atoms with E-state index in [1.807, 2.05) is 0 Å². The molecule has 1 radical (unpaired) electrons. The molecule has 0 aromatic carbocycles. The fraction of sp³-hybridized carbons (Fsp3) is 0.286. The van der Waals surface area contributed by atoms with Crippen molar-refractivity contribution in [3.05, 3.63) is 18.1 Å². The molecule has 0 aliphatic heterocycles.